The van der Waals surface area contributed by atoms with Crippen LogP contribution in [0.25, 0.3) is 0 Å². The number of amides is 1. The van der Waals surface area contributed by atoms with Crippen molar-refractivity contribution in [3.8, 4) is 11.5 Å². The molecule has 1 aliphatic rings. The Bertz CT molecular complexity index is 486. The molecular weight excluding hydrogens is 242 g/mol. The van der Waals surface area contributed by atoms with Crippen LogP contribution >= 0.6 is 0 Å². The van der Waals surface area contributed by atoms with E-state index in [9.17, 15) is 15.0 Å². The molecule has 2 N–H and O–H groups in total. The van der Waals surface area contributed by atoms with Crippen molar-refractivity contribution in [1.29, 1.82) is 0 Å². The minimum Gasteiger partial charge on any atom is -0.508 e. The maximum absolute atomic E-state index is 12.5. The zero-order chi connectivity index (χ0) is 14.2. The van der Waals surface area contributed by atoms with Crippen LogP contribution in [0.2, 0.25) is 0 Å². The first-order valence-corrected chi connectivity index (χ1v) is 6.73. The van der Waals surface area contributed by atoms with Crippen molar-refractivity contribution in [3.63, 3.8) is 0 Å². The molecule has 104 valence electrons. The highest BCUT2D eigenvalue weighted by Gasteiger charge is 2.33. The van der Waals surface area contributed by atoms with Crippen LogP contribution in [0.15, 0.2) is 18.2 Å². The van der Waals surface area contributed by atoms with Gasteiger partial charge in [-0.25, -0.2) is 0 Å². The summed E-state index contributed by atoms with van der Waals surface area (Å²) in [5, 5.41) is 19.1. The topological polar surface area (TPSA) is 60.8 Å². The maximum Gasteiger partial charge on any atom is 0.257 e. The first-order chi connectivity index (χ1) is 8.90. The zero-order valence-corrected chi connectivity index (χ0v) is 11.6. The van der Waals surface area contributed by atoms with Gasteiger partial charge in [0.05, 0.1) is 5.56 Å². The molecule has 0 saturated carbocycles. The number of phenolic OH excluding ortho intramolecular Hbond substituents is 2. The van der Waals surface area contributed by atoms with Crippen LogP contribution < -0.4 is 0 Å². The molecule has 1 fully saturated rings. The summed E-state index contributed by atoms with van der Waals surface area (Å²) < 4.78 is 0. The molecule has 2 rings (SSSR count). The van der Waals surface area contributed by atoms with E-state index in [1.807, 2.05) is 11.8 Å². The van der Waals surface area contributed by atoms with Crippen LogP contribution in [0.4, 0.5) is 0 Å². The number of benzene rings is 1. The van der Waals surface area contributed by atoms with Gasteiger partial charge in [0.15, 0.2) is 0 Å². The molecule has 4 heteroatoms. The molecule has 1 heterocycles. The second kappa shape index (κ2) is 5.11. The SMILES string of the molecule is CC1CC(C)C(C)N(C(=O)c2ccc(O)cc2O)C1. The predicted molar refractivity (Wildman–Crippen MR) is 73.2 cm³/mol. The maximum atomic E-state index is 12.5. The van der Waals surface area contributed by atoms with Crippen LogP contribution in [-0.4, -0.2) is 33.6 Å². The third-order valence-electron chi connectivity index (χ3n) is 4.07. The van der Waals surface area contributed by atoms with Crippen molar-refractivity contribution in [2.24, 2.45) is 11.8 Å². The Morgan fingerprint density at radius 3 is 2.58 bits per heavy atom. The Kier molecular flexibility index (Phi) is 3.69. The Balaban J connectivity index is 2.27. The molecule has 0 bridgehead atoms. The van der Waals surface area contributed by atoms with Gasteiger partial charge in [-0.15, -0.1) is 0 Å². The fourth-order valence-corrected chi connectivity index (χ4v) is 2.84. The summed E-state index contributed by atoms with van der Waals surface area (Å²) in [6, 6.07) is 4.27. The van der Waals surface area contributed by atoms with Crippen molar-refractivity contribution in [2.45, 2.75) is 33.2 Å². The van der Waals surface area contributed by atoms with Crippen LogP contribution in [-0.2, 0) is 0 Å². The average molecular weight is 263 g/mol. The average Bonchev–Trinajstić information content (AvgIpc) is 2.33. The van der Waals surface area contributed by atoms with Gasteiger partial charge >= 0.3 is 0 Å². The van der Waals surface area contributed by atoms with E-state index in [0.29, 0.717) is 18.4 Å². The Labute approximate surface area is 113 Å². The fraction of sp³-hybridized carbons (Fsp3) is 0.533. The number of hydrogen-bond donors (Lipinski definition) is 2. The van der Waals surface area contributed by atoms with Gasteiger partial charge in [-0.3, -0.25) is 4.79 Å². The highest BCUT2D eigenvalue weighted by atomic mass is 16.3. The highest BCUT2D eigenvalue weighted by Crippen LogP contribution is 2.30. The lowest BCUT2D eigenvalue weighted by atomic mass is 9.85. The fourth-order valence-electron chi connectivity index (χ4n) is 2.84. The summed E-state index contributed by atoms with van der Waals surface area (Å²) in [7, 11) is 0. The van der Waals surface area contributed by atoms with E-state index in [1.165, 1.54) is 18.2 Å². The number of phenols is 2. The Hall–Kier alpha value is -1.71. The van der Waals surface area contributed by atoms with Crippen molar-refractivity contribution in [1.82, 2.24) is 4.90 Å². The summed E-state index contributed by atoms with van der Waals surface area (Å²) >= 11 is 0. The molecule has 19 heavy (non-hydrogen) atoms. The number of rotatable bonds is 1. The van der Waals surface area contributed by atoms with E-state index < -0.39 is 0 Å². The van der Waals surface area contributed by atoms with Crippen molar-refractivity contribution < 1.29 is 15.0 Å². The van der Waals surface area contributed by atoms with Gasteiger partial charge in [0, 0.05) is 18.7 Å². The van der Waals surface area contributed by atoms with Crippen LogP contribution in [0, 0.1) is 11.8 Å². The number of carbonyl (C=O) groups is 1. The van der Waals surface area contributed by atoms with Crippen LogP contribution in [0.1, 0.15) is 37.6 Å². The number of carbonyl (C=O) groups excluding carboxylic acids is 1. The Morgan fingerprint density at radius 2 is 1.95 bits per heavy atom. The van der Waals surface area contributed by atoms with E-state index in [2.05, 4.69) is 13.8 Å². The molecule has 0 spiro atoms. The Morgan fingerprint density at radius 1 is 1.26 bits per heavy atom. The molecule has 0 aliphatic carbocycles. The van der Waals surface area contributed by atoms with Crippen LogP contribution in [0.5, 0.6) is 11.5 Å². The number of aromatic hydroxyl groups is 2. The molecule has 1 aliphatic heterocycles. The molecule has 1 saturated heterocycles. The van der Waals surface area contributed by atoms with Gasteiger partial charge in [0.25, 0.3) is 5.91 Å². The lowest BCUT2D eigenvalue weighted by Gasteiger charge is -2.41. The molecule has 3 atom stereocenters. The van der Waals surface area contributed by atoms with Crippen molar-refractivity contribution in [3.05, 3.63) is 23.8 Å². The quantitative estimate of drug-likeness (QED) is 0.818. The third kappa shape index (κ3) is 2.67. The van der Waals surface area contributed by atoms with E-state index in [4.69, 9.17) is 0 Å². The summed E-state index contributed by atoms with van der Waals surface area (Å²) in [5.74, 6) is 0.551. The van der Waals surface area contributed by atoms with Gasteiger partial charge < -0.3 is 15.1 Å². The second-order valence-electron chi connectivity index (χ2n) is 5.72. The molecule has 0 aromatic heterocycles. The molecule has 1 amide bonds. The lowest BCUT2D eigenvalue weighted by Crippen LogP contribution is -2.48. The molecule has 0 radical (unpaired) electrons. The van der Waals surface area contributed by atoms with Gasteiger partial charge in [0.2, 0.25) is 0 Å². The first kappa shape index (κ1) is 13.7. The normalized spacial score (nSPS) is 27.3. The van der Waals surface area contributed by atoms with Crippen molar-refractivity contribution in [2.75, 3.05) is 6.54 Å². The zero-order valence-electron chi connectivity index (χ0n) is 11.6. The van der Waals surface area contributed by atoms with Crippen molar-refractivity contribution >= 4 is 5.91 Å². The van der Waals surface area contributed by atoms with Gasteiger partial charge in [-0.05, 0) is 37.3 Å². The van der Waals surface area contributed by atoms with E-state index in [-0.39, 0.29) is 29.0 Å². The molecule has 1 aromatic carbocycles. The van der Waals surface area contributed by atoms with E-state index in [0.717, 1.165) is 6.42 Å². The molecular formula is C15H21NO3. The molecule has 4 nitrogen and oxygen atoms in total. The molecule has 1 aromatic rings. The van der Waals surface area contributed by atoms with E-state index >= 15 is 0 Å². The predicted octanol–water partition coefficient (Wildman–Crippen LogP) is 2.60. The van der Waals surface area contributed by atoms with Gasteiger partial charge in [-0.2, -0.15) is 0 Å². The number of likely N-dealkylation sites (tertiary alicyclic amines) is 1. The monoisotopic (exact) mass is 263 g/mol. The van der Waals surface area contributed by atoms with Gasteiger partial charge in [0.1, 0.15) is 11.5 Å². The van der Waals surface area contributed by atoms with Gasteiger partial charge in [-0.1, -0.05) is 13.8 Å². The second-order valence-corrected chi connectivity index (χ2v) is 5.72. The van der Waals surface area contributed by atoms with Crippen LogP contribution in [0.3, 0.4) is 0 Å². The first-order valence-electron chi connectivity index (χ1n) is 6.73. The highest BCUT2D eigenvalue weighted by molar-refractivity contribution is 5.97. The summed E-state index contributed by atoms with van der Waals surface area (Å²) in [6.45, 7) is 7.05. The number of nitrogens with zero attached hydrogens (tertiary/aromatic N) is 1. The lowest BCUT2D eigenvalue weighted by molar-refractivity contribution is 0.0453. The largest absolute Gasteiger partial charge is 0.508 e. The van der Waals surface area contributed by atoms with E-state index in [1.54, 1.807) is 0 Å². The smallest absolute Gasteiger partial charge is 0.257 e. The minimum atomic E-state index is -0.164. The number of hydrogen-bond acceptors (Lipinski definition) is 3. The standard InChI is InChI=1S/C15H21NO3/c1-9-6-10(2)11(3)16(8-9)15(19)13-5-4-12(17)7-14(13)18/h4-5,7,9-11,17-18H,6,8H2,1-3H3. The minimum absolute atomic E-state index is 0.0394. The number of piperidine rings is 1. The third-order valence-corrected chi connectivity index (χ3v) is 4.07. The summed E-state index contributed by atoms with van der Waals surface area (Å²) in [4.78, 5) is 14.3. The summed E-state index contributed by atoms with van der Waals surface area (Å²) in [6.07, 6.45) is 1.12. The molecule has 3 unspecified atom stereocenters. The summed E-state index contributed by atoms with van der Waals surface area (Å²) in [5.41, 5.74) is 0.256.